The maximum atomic E-state index is 13.7. The molecule has 0 unspecified atom stereocenters. The number of hydrogen-bond donors (Lipinski definition) is 1. The second-order valence-electron chi connectivity index (χ2n) is 8.63. The molecule has 3 aromatic carbocycles. The van der Waals surface area contributed by atoms with Gasteiger partial charge in [-0.3, -0.25) is 9.59 Å². The molecule has 1 N–H and O–H groups in total. The Morgan fingerprint density at radius 2 is 1.70 bits per heavy atom. The summed E-state index contributed by atoms with van der Waals surface area (Å²) in [5.41, 5.74) is 3.55. The van der Waals surface area contributed by atoms with Crippen molar-refractivity contribution in [1.82, 2.24) is 5.32 Å². The quantitative estimate of drug-likeness (QED) is 0.622. The molecule has 6 nitrogen and oxygen atoms in total. The summed E-state index contributed by atoms with van der Waals surface area (Å²) in [5.74, 6) is -0.749. The Morgan fingerprint density at radius 3 is 2.42 bits per heavy atom. The Morgan fingerprint density at radius 1 is 0.970 bits per heavy atom. The first kappa shape index (κ1) is 22.7. The largest absolute Gasteiger partial charge is 0.350 e. The van der Waals surface area contributed by atoms with E-state index in [9.17, 15) is 18.0 Å². The minimum Gasteiger partial charge on any atom is -0.350 e. The molecule has 0 atom stereocenters. The fraction of sp³-hybridized carbons (Fsp3) is 0.231. The Bertz CT molecular complexity index is 1380. The topological polar surface area (TPSA) is 83.6 Å². The second kappa shape index (κ2) is 8.48. The molecule has 0 bridgehead atoms. The number of anilines is 1. The summed E-state index contributed by atoms with van der Waals surface area (Å²) in [6.45, 7) is 7.79. The summed E-state index contributed by atoms with van der Waals surface area (Å²) < 4.78 is 27.1. The molecule has 2 amide bonds. The van der Waals surface area contributed by atoms with E-state index >= 15 is 0 Å². The first-order valence-electron chi connectivity index (χ1n) is 10.8. The van der Waals surface area contributed by atoms with Crippen molar-refractivity contribution in [2.24, 2.45) is 0 Å². The molecule has 0 aliphatic carbocycles. The number of nitrogens with one attached hydrogen (secondary N) is 1. The average Bonchev–Trinajstić information content (AvgIpc) is 2.84. The van der Waals surface area contributed by atoms with Crippen molar-refractivity contribution in [2.75, 3.05) is 4.90 Å². The Hall–Kier alpha value is -3.45. The molecule has 1 aliphatic rings. The number of fused-ring (bicyclic) bond motifs is 2. The van der Waals surface area contributed by atoms with Crippen molar-refractivity contribution in [3.63, 3.8) is 0 Å². The van der Waals surface area contributed by atoms with Crippen LogP contribution in [0, 0.1) is 13.8 Å². The zero-order valence-electron chi connectivity index (χ0n) is 19.0. The van der Waals surface area contributed by atoms with E-state index in [1.165, 1.54) is 35.2 Å². The van der Waals surface area contributed by atoms with Gasteiger partial charge in [0.05, 0.1) is 27.6 Å². The van der Waals surface area contributed by atoms with Crippen LogP contribution in [-0.4, -0.2) is 26.3 Å². The molecule has 0 aromatic heterocycles. The Labute approximate surface area is 194 Å². The number of sulfone groups is 1. The van der Waals surface area contributed by atoms with Gasteiger partial charge in [0.25, 0.3) is 11.8 Å². The number of rotatable bonds is 4. The van der Waals surface area contributed by atoms with Crippen molar-refractivity contribution in [2.45, 2.75) is 50.1 Å². The summed E-state index contributed by atoms with van der Waals surface area (Å²) in [7, 11) is -3.97. The van der Waals surface area contributed by atoms with Crippen LogP contribution in [0.5, 0.6) is 0 Å². The standard InChI is InChI=1S/C26H26N2O4S/c1-16(2)27-25(29)19-11-12-24-22(14-19)28(15-20-13-17(3)9-10-18(20)4)26(30)21-7-5-6-8-23(21)33(24,31)32/h5-14,16H,15H2,1-4H3,(H,27,29). The highest BCUT2D eigenvalue weighted by Gasteiger charge is 2.36. The van der Waals surface area contributed by atoms with Gasteiger partial charge in [-0.05, 0) is 69.2 Å². The monoisotopic (exact) mass is 462 g/mol. The second-order valence-corrected chi connectivity index (χ2v) is 10.5. The number of amides is 2. The van der Waals surface area contributed by atoms with Crippen LogP contribution in [0.3, 0.4) is 0 Å². The average molecular weight is 463 g/mol. The van der Waals surface area contributed by atoms with Crippen LogP contribution in [0.15, 0.2) is 70.5 Å². The van der Waals surface area contributed by atoms with Crippen LogP contribution in [0.25, 0.3) is 0 Å². The molecular weight excluding hydrogens is 436 g/mol. The van der Waals surface area contributed by atoms with Crippen LogP contribution in [0.4, 0.5) is 5.69 Å². The smallest absolute Gasteiger partial charge is 0.259 e. The molecular formula is C26H26N2O4S. The molecule has 0 saturated heterocycles. The fourth-order valence-electron chi connectivity index (χ4n) is 3.99. The third kappa shape index (κ3) is 4.16. The Kier molecular flexibility index (Phi) is 5.84. The normalized spacial score (nSPS) is 14.5. The lowest BCUT2D eigenvalue weighted by Gasteiger charge is -2.24. The van der Waals surface area contributed by atoms with Gasteiger partial charge < -0.3 is 10.2 Å². The lowest BCUT2D eigenvalue weighted by atomic mass is 10.0. The maximum absolute atomic E-state index is 13.7. The molecule has 3 aromatic rings. The fourth-order valence-corrected chi connectivity index (χ4v) is 5.62. The molecule has 0 spiro atoms. The van der Waals surface area contributed by atoms with E-state index in [-0.39, 0.29) is 39.5 Å². The number of carbonyl (C=O) groups is 2. The number of aryl methyl sites for hydroxylation is 2. The molecule has 7 heteroatoms. The zero-order chi connectivity index (χ0) is 23.9. The van der Waals surface area contributed by atoms with Crippen LogP contribution in [-0.2, 0) is 16.4 Å². The highest BCUT2D eigenvalue weighted by molar-refractivity contribution is 7.91. The van der Waals surface area contributed by atoms with Crippen molar-refractivity contribution in [1.29, 1.82) is 0 Å². The first-order valence-corrected chi connectivity index (χ1v) is 12.2. The molecule has 1 aliphatic heterocycles. The van der Waals surface area contributed by atoms with Gasteiger partial charge >= 0.3 is 0 Å². The van der Waals surface area contributed by atoms with Gasteiger partial charge in [0, 0.05) is 11.6 Å². The summed E-state index contributed by atoms with van der Waals surface area (Å²) >= 11 is 0. The molecule has 33 heavy (non-hydrogen) atoms. The molecule has 1 heterocycles. The van der Waals surface area contributed by atoms with E-state index in [0.29, 0.717) is 5.56 Å². The van der Waals surface area contributed by atoms with Gasteiger partial charge in [-0.15, -0.1) is 0 Å². The Balaban J connectivity index is 1.96. The number of benzene rings is 3. The van der Waals surface area contributed by atoms with Crippen LogP contribution in [0.2, 0.25) is 0 Å². The minimum absolute atomic E-state index is 0.00667. The van der Waals surface area contributed by atoms with Gasteiger partial charge in [0.2, 0.25) is 9.84 Å². The number of nitrogens with zero attached hydrogens (tertiary/aromatic N) is 1. The summed E-state index contributed by atoms with van der Waals surface area (Å²) in [6, 6.07) is 16.5. The third-order valence-electron chi connectivity index (χ3n) is 5.71. The highest BCUT2D eigenvalue weighted by Crippen LogP contribution is 2.38. The molecule has 170 valence electrons. The number of carbonyl (C=O) groups excluding carboxylic acids is 2. The van der Waals surface area contributed by atoms with E-state index in [4.69, 9.17) is 0 Å². The third-order valence-corrected chi connectivity index (χ3v) is 7.57. The lowest BCUT2D eigenvalue weighted by molar-refractivity contribution is 0.0940. The van der Waals surface area contributed by atoms with E-state index in [1.807, 2.05) is 45.9 Å². The molecule has 4 rings (SSSR count). The van der Waals surface area contributed by atoms with Crippen molar-refractivity contribution < 1.29 is 18.0 Å². The molecule has 0 fully saturated rings. The highest BCUT2D eigenvalue weighted by atomic mass is 32.2. The van der Waals surface area contributed by atoms with E-state index in [2.05, 4.69) is 5.32 Å². The predicted molar refractivity (Wildman–Crippen MR) is 127 cm³/mol. The number of hydrogen-bond acceptors (Lipinski definition) is 4. The van der Waals surface area contributed by atoms with Gasteiger partial charge in [-0.25, -0.2) is 8.42 Å². The lowest BCUT2D eigenvalue weighted by Crippen LogP contribution is -2.32. The summed E-state index contributed by atoms with van der Waals surface area (Å²) in [5, 5.41) is 2.82. The van der Waals surface area contributed by atoms with E-state index < -0.39 is 15.7 Å². The summed E-state index contributed by atoms with van der Waals surface area (Å²) in [6.07, 6.45) is 0. The van der Waals surface area contributed by atoms with Crippen molar-refractivity contribution in [3.05, 3.63) is 88.5 Å². The van der Waals surface area contributed by atoms with Crippen LogP contribution in [0.1, 0.15) is 51.3 Å². The van der Waals surface area contributed by atoms with Crippen molar-refractivity contribution >= 4 is 27.3 Å². The minimum atomic E-state index is -3.97. The van der Waals surface area contributed by atoms with Gasteiger partial charge in [-0.2, -0.15) is 0 Å². The zero-order valence-corrected chi connectivity index (χ0v) is 19.9. The first-order chi connectivity index (χ1) is 15.6. The summed E-state index contributed by atoms with van der Waals surface area (Å²) in [4.78, 5) is 27.8. The molecule has 0 saturated carbocycles. The maximum Gasteiger partial charge on any atom is 0.259 e. The van der Waals surface area contributed by atoms with Crippen molar-refractivity contribution in [3.8, 4) is 0 Å². The van der Waals surface area contributed by atoms with Crippen LogP contribution < -0.4 is 10.2 Å². The van der Waals surface area contributed by atoms with Gasteiger partial charge in [0.1, 0.15) is 0 Å². The molecule has 0 radical (unpaired) electrons. The van der Waals surface area contributed by atoms with E-state index in [0.717, 1.165) is 16.7 Å². The van der Waals surface area contributed by atoms with Crippen LogP contribution >= 0.6 is 0 Å². The van der Waals surface area contributed by atoms with Gasteiger partial charge in [0.15, 0.2) is 0 Å². The van der Waals surface area contributed by atoms with Gasteiger partial charge in [-0.1, -0.05) is 35.9 Å². The predicted octanol–water partition coefficient (Wildman–Crippen LogP) is 4.43. The SMILES string of the molecule is Cc1ccc(C)c(CN2C(=O)c3ccccc3S(=O)(=O)c3ccc(C(=O)NC(C)C)cc32)c1. The van der Waals surface area contributed by atoms with E-state index in [1.54, 1.807) is 12.1 Å².